The van der Waals surface area contributed by atoms with Crippen LogP contribution in [0.2, 0.25) is 0 Å². The molecule has 3 heterocycles. The van der Waals surface area contributed by atoms with E-state index in [2.05, 4.69) is 161 Å². The molecule has 0 spiro atoms. The maximum Gasteiger partial charge on any atom is 0.169 e. The summed E-state index contributed by atoms with van der Waals surface area (Å²) in [5, 5.41) is 74.9. The van der Waals surface area contributed by atoms with Gasteiger partial charge in [-0.05, 0) is 129 Å². The lowest BCUT2D eigenvalue weighted by molar-refractivity contribution is 1.07. The summed E-state index contributed by atoms with van der Waals surface area (Å²) in [7, 11) is 0. The summed E-state index contributed by atoms with van der Waals surface area (Å²) < 4.78 is 6.26. The lowest BCUT2D eigenvalue weighted by Gasteiger charge is -2.28. The summed E-state index contributed by atoms with van der Waals surface area (Å²) >= 11 is 0. The van der Waals surface area contributed by atoms with Crippen molar-refractivity contribution in [1.29, 1.82) is 21.6 Å². The Hall–Kier alpha value is -15.5. The number of nitrogens with zero attached hydrogens (tertiary/aromatic N) is 11. The normalized spacial score (nSPS) is 11.2. The molecule has 0 aliphatic carbocycles. The fraction of sp³-hybridized carbons (Fsp3) is 0. The van der Waals surface area contributed by atoms with Crippen molar-refractivity contribution in [3.63, 3.8) is 0 Å². The molecular formula is C96H67N15. The third-order valence-electron chi connectivity index (χ3n) is 20.0. The quantitative estimate of drug-likeness (QED) is 0.0511. The van der Waals surface area contributed by atoms with Gasteiger partial charge in [-0.2, -0.15) is 0 Å². The van der Waals surface area contributed by atoms with E-state index in [-0.39, 0.29) is 23.3 Å². The number of nitrogens with one attached hydrogen (secondary N) is 4. The first-order valence-electron chi connectivity index (χ1n) is 36.4. The van der Waals surface area contributed by atoms with Gasteiger partial charge in [0.25, 0.3) is 0 Å². The lowest BCUT2D eigenvalue weighted by Crippen LogP contribution is -2.38. The van der Waals surface area contributed by atoms with Gasteiger partial charge in [0.15, 0.2) is 34.9 Å². The van der Waals surface area contributed by atoms with E-state index >= 15 is 0 Å². The van der Waals surface area contributed by atoms with Gasteiger partial charge in [-0.3, -0.25) is 45.1 Å². The SMILES string of the molecule is N=C(c1ccccc1)N(C(=N)c1cc(C(=N)N(C(=N)c2cccc(-c3cccc(-n4c(-c5ccc(-c6ccc(-c7nnc(-c8cccc9ccccc89)n7-c7ccccc7)cc6)cc5)nnc4-c4cccc5ccccc45)c3)c2)c2ccccc2)cc(-c2nnc(-c3ccccc3)n2-c2ccccc2)c1)c1ccccc1. The molecule has 0 bridgehead atoms. The molecule has 0 fully saturated rings. The number of anilines is 2. The molecule has 18 aromatic rings. The Morgan fingerprint density at radius 3 is 0.991 bits per heavy atom. The molecule has 4 N–H and O–H groups in total. The van der Waals surface area contributed by atoms with Gasteiger partial charge < -0.3 is 0 Å². The van der Waals surface area contributed by atoms with Crippen LogP contribution in [0.5, 0.6) is 0 Å². The number of aromatic nitrogens is 9. The fourth-order valence-corrected chi connectivity index (χ4v) is 14.6. The van der Waals surface area contributed by atoms with Gasteiger partial charge >= 0.3 is 0 Å². The topological polar surface area (TPSA) is 194 Å². The second-order valence-corrected chi connectivity index (χ2v) is 26.8. The van der Waals surface area contributed by atoms with E-state index in [4.69, 9.17) is 30.6 Å². The lowest BCUT2D eigenvalue weighted by atomic mass is 9.99. The number of benzene rings is 15. The Morgan fingerprint density at radius 2 is 0.505 bits per heavy atom. The molecule has 15 nitrogen and oxygen atoms in total. The first kappa shape index (κ1) is 67.4. The molecule has 0 atom stereocenters. The average Bonchev–Trinajstić information content (AvgIpc) is 1.63. The van der Waals surface area contributed by atoms with E-state index in [1.807, 2.05) is 229 Å². The van der Waals surface area contributed by atoms with Crippen LogP contribution in [-0.4, -0.2) is 67.6 Å². The van der Waals surface area contributed by atoms with Crippen molar-refractivity contribution in [1.82, 2.24) is 44.3 Å². The highest BCUT2D eigenvalue weighted by atomic mass is 15.3. The summed E-state index contributed by atoms with van der Waals surface area (Å²) in [6.45, 7) is 0. The number of para-hydroxylation sites is 4. The third kappa shape index (κ3) is 13.0. The van der Waals surface area contributed by atoms with Crippen molar-refractivity contribution >= 4 is 56.3 Å². The molecule has 0 amide bonds. The monoisotopic (exact) mass is 1430 g/mol. The Bertz CT molecular complexity index is 6510. The van der Waals surface area contributed by atoms with Crippen LogP contribution in [0.15, 0.2) is 382 Å². The van der Waals surface area contributed by atoms with Gasteiger partial charge in [0.2, 0.25) is 0 Å². The second kappa shape index (κ2) is 29.5. The molecule has 0 unspecified atom stereocenters. The molecule has 18 rings (SSSR count). The summed E-state index contributed by atoms with van der Waals surface area (Å²) in [5.74, 6) is 3.90. The molecule has 526 valence electrons. The predicted molar refractivity (Wildman–Crippen MR) is 448 cm³/mol. The van der Waals surface area contributed by atoms with E-state index in [9.17, 15) is 21.6 Å². The number of fused-ring (bicyclic) bond motifs is 2. The van der Waals surface area contributed by atoms with Crippen LogP contribution < -0.4 is 9.80 Å². The average molecular weight is 1430 g/mol. The van der Waals surface area contributed by atoms with Crippen LogP contribution in [0.4, 0.5) is 11.4 Å². The molecule has 0 radical (unpaired) electrons. The first-order valence-corrected chi connectivity index (χ1v) is 36.4. The minimum atomic E-state index is -0.0484. The third-order valence-corrected chi connectivity index (χ3v) is 20.0. The molecule has 3 aromatic heterocycles. The Balaban J connectivity index is 0.703. The molecular weight excluding hydrogens is 1360 g/mol. The van der Waals surface area contributed by atoms with E-state index in [1.54, 1.807) is 15.9 Å². The molecule has 0 saturated heterocycles. The Labute approximate surface area is 640 Å². The van der Waals surface area contributed by atoms with Gasteiger partial charge in [0, 0.05) is 84.1 Å². The standard InChI is InChI=1S/C96H67N15/c97-87(68-29-7-1-8-30-68)107(78-38-11-3-12-39-78)89(99)75-60-76(62-77(61-75)94-104-101-91(69-31-9-2-10-32-69)109(94)80-42-15-5-16-43-80)90(100)108(79-40-13-4-14-41-79)88(98)74-37-23-35-72(59-74)73-36-24-46-82(63-73)111-93(103-106-96(111)86-50-26-34-67-28-20-22-48-84(67)86)71-57-53-65(54-58-71)64-51-55-70(56-52-64)92-102-105-95(110(92)81-44-17-6-18-45-81)85-49-25-33-66-27-19-21-47-83(66)85/h1-63,97-100H. The van der Waals surface area contributed by atoms with Crippen LogP contribution in [-0.2, 0) is 0 Å². The minimum Gasteiger partial charge on any atom is -0.284 e. The number of amidine groups is 4. The van der Waals surface area contributed by atoms with Gasteiger partial charge in [0.05, 0.1) is 0 Å². The van der Waals surface area contributed by atoms with Crippen molar-refractivity contribution in [3.05, 3.63) is 404 Å². The highest BCUT2D eigenvalue weighted by Gasteiger charge is 2.29. The predicted octanol–water partition coefficient (Wildman–Crippen LogP) is 21.8. The van der Waals surface area contributed by atoms with Crippen molar-refractivity contribution in [2.24, 2.45) is 0 Å². The van der Waals surface area contributed by atoms with Gasteiger partial charge in [-0.25, -0.2) is 0 Å². The zero-order chi connectivity index (χ0) is 74.7. The first-order chi connectivity index (χ1) is 54.7. The minimum absolute atomic E-state index is 0.0227. The van der Waals surface area contributed by atoms with Crippen LogP contribution in [0, 0.1) is 21.6 Å². The second-order valence-electron chi connectivity index (χ2n) is 26.8. The van der Waals surface area contributed by atoms with Crippen LogP contribution >= 0.6 is 0 Å². The van der Waals surface area contributed by atoms with Crippen molar-refractivity contribution in [3.8, 4) is 108 Å². The van der Waals surface area contributed by atoms with Crippen molar-refractivity contribution < 1.29 is 0 Å². The highest BCUT2D eigenvalue weighted by molar-refractivity contribution is 6.30. The molecule has 15 aromatic carbocycles. The summed E-state index contributed by atoms with van der Waals surface area (Å²) in [6.07, 6.45) is 0. The van der Waals surface area contributed by atoms with Crippen LogP contribution in [0.1, 0.15) is 22.3 Å². The maximum absolute atomic E-state index is 10.6. The van der Waals surface area contributed by atoms with Gasteiger partial charge in [0.1, 0.15) is 23.3 Å². The van der Waals surface area contributed by atoms with Gasteiger partial charge in [-0.1, -0.05) is 297 Å². The number of rotatable bonds is 17. The molecule has 0 saturated carbocycles. The van der Waals surface area contributed by atoms with E-state index in [1.165, 1.54) is 0 Å². The Morgan fingerprint density at radius 1 is 0.207 bits per heavy atom. The molecule has 111 heavy (non-hydrogen) atoms. The molecule has 15 heteroatoms. The fourth-order valence-electron chi connectivity index (χ4n) is 14.6. The van der Waals surface area contributed by atoms with Crippen molar-refractivity contribution in [2.45, 2.75) is 0 Å². The molecule has 0 aliphatic rings. The molecule has 0 aliphatic heterocycles. The summed E-state index contributed by atoms with van der Waals surface area (Å²) in [4.78, 5) is 3.23. The summed E-state index contributed by atoms with van der Waals surface area (Å²) in [6, 6.07) is 126. The van der Waals surface area contributed by atoms with E-state index in [0.29, 0.717) is 62.5 Å². The largest absolute Gasteiger partial charge is 0.284 e. The smallest absolute Gasteiger partial charge is 0.169 e. The van der Waals surface area contributed by atoms with Crippen LogP contribution in [0.25, 0.3) is 129 Å². The van der Waals surface area contributed by atoms with Crippen LogP contribution in [0.3, 0.4) is 0 Å². The highest BCUT2D eigenvalue weighted by Crippen LogP contribution is 2.39. The zero-order valence-corrected chi connectivity index (χ0v) is 59.8. The number of hydrogen-bond acceptors (Lipinski definition) is 10. The number of hydrogen-bond donors (Lipinski definition) is 4. The zero-order valence-electron chi connectivity index (χ0n) is 59.8. The maximum atomic E-state index is 10.6. The summed E-state index contributed by atoms with van der Waals surface area (Å²) in [5.41, 5.74) is 14.5. The van der Waals surface area contributed by atoms with E-state index < -0.39 is 0 Å². The van der Waals surface area contributed by atoms with E-state index in [0.717, 1.165) is 100 Å². The van der Waals surface area contributed by atoms with Crippen molar-refractivity contribution in [2.75, 3.05) is 9.80 Å². The Kier molecular flexibility index (Phi) is 17.9. The van der Waals surface area contributed by atoms with Gasteiger partial charge in [-0.15, -0.1) is 30.6 Å².